The van der Waals surface area contributed by atoms with E-state index in [9.17, 15) is 0 Å². The largest absolute Gasteiger partial charge is 0.368 e. The maximum atomic E-state index is 8.79. The van der Waals surface area contributed by atoms with Gasteiger partial charge in [0.1, 0.15) is 24.0 Å². The third kappa shape index (κ3) is 4.05. The van der Waals surface area contributed by atoms with E-state index in [0.29, 0.717) is 11.6 Å². The van der Waals surface area contributed by atoms with Crippen molar-refractivity contribution in [3.05, 3.63) is 54.9 Å². The molecular formula is C21H24N8. The number of hydrogen-bond donors (Lipinski definition) is 1. The number of rotatable bonds is 4. The molecule has 1 aromatic carbocycles. The Morgan fingerprint density at radius 1 is 1.00 bits per heavy atom. The number of nitrogens with zero attached hydrogens (tertiary/aromatic N) is 7. The Labute approximate surface area is 170 Å². The van der Waals surface area contributed by atoms with Crippen molar-refractivity contribution in [2.75, 3.05) is 36.9 Å². The molecule has 8 heteroatoms. The Morgan fingerprint density at radius 3 is 2.41 bits per heavy atom. The first kappa shape index (κ1) is 18.9. The fourth-order valence-corrected chi connectivity index (χ4v) is 3.41. The summed E-state index contributed by atoms with van der Waals surface area (Å²) < 4.78 is 1.96. The lowest BCUT2D eigenvalue weighted by molar-refractivity contribution is 0.139. The number of anilines is 3. The van der Waals surface area contributed by atoms with Crippen molar-refractivity contribution in [2.24, 2.45) is 0 Å². The topological polar surface area (TPSA) is 85.9 Å². The zero-order chi connectivity index (χ0) is 20.4. The third-order valence-corrected chi connectivity index (χ3v) is 5.43. The zero-order valence-corrected chi connectivity index (χ0v) is 16.9. The molecule has 29 heavy (non-hydrogen) atoms. The molecule has 1 N–H and O–H groups in total. The Hall–Kier alpha value is -3.44. The van der Waals surface area contributed by atoms with E-state index in [0.717, 1.165) is 25.3 Å². The summed E-state index contributed by atoms with van der Waals surface area (Å²) in [4.78, 5) is 17.4. The maximum Gasteiger partial charge on any atom is 0.158 e. The first-order chi connectivity index (χ1) is 13.9. The SMILES string of the molecule is CN1CCN(c2ccc(-n3cnc(Nc4cnc(C#N)cn4)c3)cc2)CC1(C)C. The molecule has 0 unspecified atom stereocenters. The summed E-state index contributed by atoms with van der Waals surface area (Å²) in [5.74, 6) is 1.20. The van der Waals surface area contributed by atoms with Crippen molar-refractivity contribution < 1.29 is 0 Å². The van der Waals surface area contributed by atoms with Gasteiger partial charge in [0.2, 0.25) is 0 Å². The fraction of sp³-hybridized carbons (Fsp3) is 0.333. The lowest BCUT2D eigenvalue weighted by Gasteiger charge is -2.46. The summed E-state index contributed by atoms with van der Waals surface area (Å²) in [6.45, 7) is 7.67. The highest BCUT2D eigenvalue weighted by molar-refractivity contribution is 5.54. The van der Waals surface area contributed by atoms with Crippen molar-refractivity contribution in [1.82, 2.24) is 24.4 Å². The minimum atomic E-state index is 0.163. The van der Waals surface area contributed by atoms with E-state index in [1.165, 1.54) is 18.1 Å². The molecule has 0 aliphatic carbocycles. The van der Waals surface area contributed by atoms with Crippen LogP contribution in [0.15, 0.2) is 49.2 Å². The van der Waals surface area contributed by atoms with Gasteiger partial charge in [0.15, 0.2) is 5.69 Å². The van der Waals surface area contributed by atoms with Gasteiger partial charge in [-0.25, -0.2) is 15.0 Å². The van der Waals surface area contributed by atoms with Crippen LogP contribution in [-0.2, 0) is 0 Å². The number of nitrogens with one attached hydrogen (secondary N) is 1. The summed E-state index contributed by atoms with van der Waals surface area (Å²) >= 11 is 0. The molecule has 2 aromatic heterocycles. The van der Waals surface area contributed by atoms with Gasteiger partial charge < -0.3 is 14.8 Å². The molecule has 0 amide bonds. The van der Waals surface area contributed by atoms with E-state index in [1.807, 2.05) is 16.8 Å². The van der Waals surface area contributed by atoms with Crippen molar-refractivity contribution in [3.63, 3.8) is 0 Å². The molecule has 0 bridgehead atoms. The minimum Gasteiger partial charge on any atom is -0.368 e. The van der Waals surface area contributed by atoms with Crippen LogP contribution in [0.4, 0.5) is 17.3 Å². The second kappa shape index (κ2) is 7.53. The quantitative estimate of drug-likeness (QED) is 0.735. The third-order valence-electron chi connectivity index (χ3n) is 5.43. The van der Waals surface area contributed by atoms with E-state index in [4.69, 9.17) is 5.26 Å². The molecule has 0 saturated carbocycles. The lowest BCUT2D eigenvalue weighted by atomic mass is 9.99. The van der Waals surface area contributed by atoms with Crippen LogP contribution in [0.25, 0.3) is 5.69 Å². The maximum absolute atomic E-state index is 8.79. The number of likely N-dealkylation sites (N-methyl/N-ethyl adjacent to an activating group) is 1. The number of benzene rings is 1. The van der Waals surface area contributed by atoms with Gasteiger partial charge in [-0.3, -0.25) is 4.90 Å². The Kier molecular flexibility index (Phi) is 4.91. The molecular weight excluding hydrogens is 364 g/mol. The predicted molar refractivity (Wildman–Crippen MR) is 113 cm³/mol. The summed E-state index contributed by atoms with van der Waals surface area (Å²) in [6.07, 6.45) is 6.60. The Morgan fingerprint density at radius 2 is 1.76 bits per heavy atom. The van der Waals surface area contributed by atoms with Crippen LogP contribution in [0.3, 0.4) is 0 Å². The van der Waals surface area contributed by atoms with Gasteiger partial charge in [-0.1, -0.05) is 0 Å². The van der Waals surface area contributed by atoms with Crippen molar-refractivity contribution in [1.29, 1.82) is 5.26 Å². The fourth-order valence-electron chi connectivity index (χ4n) is 3.41. The van der Waals surface area contributed by atoms with Crippen LogP contribution in [0.1, 0.15) is 19.5 Å². The van der Waals surface area contributed by atoms with Gasteiger partial charge in [0.25, 0.3) is 0 Å². The first-order valence-electron chi connectivity index (χ1n) is 9.54. The van der Waals surface area contributed by atoms with Crippen LogP contribution < -0.4 is 10.2 Å². The molecule has 8 nitrogen and oxygen atoms in total. The summed E-state index contributed by atoms with van der Waals surface area (Å²) in [5.41, 5.74) is 2.72. The molecule has 1 fully saturated rings. The van der Waals surface area contributed by atoms with Gasteiger partial charge in [-0.15, -0.1) is 0 Å². The smallest absolute Gasteiger partial charge is 0.158 e. The molecule has 0 radical (unpaired) electrons. The number of hydrogen-bond acceptors (Lipinski definition) is 7. The summed E-state index contributed by atoms with van der Waals surface area (Å²) in [5, 5.41) is 11.9. The van der Waals surface area contributed by atoms with Crippen molar-refractivity contribution in [3.8, 4) is 11.8 Å². The second-order valence-electron chi connectivity index (χ2n) is 7.86. The molecule has 4 rings (SSSR count). The molecule has 148 valence electrons. The van der Waals surface area contributed by atoms with E-state index in [-0.39, 0.29) is 11.2 Å². The highest BCUT2D eigenvalue weighted by atomic mass is 15.3. The van der Waals surface area contributed by atoms with Gasteiger partial charge in [-0.2, -0.15) is 5.26 Å². The van der Waals surface area contributed by atoms with Crippen LogP contribution in [-0.4, -0.2) is 56.6 Å². The molecule has 3 heterocycles. The van der Waals surface area contributed by atoms with E-state index in [2.05, 4.69) is 75.2 Å². The Balaban J connectivity index is 1.45. The highest BCUT2D eigenvalue weighted by Crippen LogP contribution is 2.25. The molecule has 3 aromatic rings. The van der Waals surface area contributed by atoms with Gasteiger partial charge >= 0.3 is 0 Å². The monoisotopic (exact) mass is 388 g/mol. The van der Waals surface area contributed by atoms with E-state index in [1.54, 1.807) is 6.33 Å². The summed E-state index contributed by atoms with van der Waals surface area (Å²) in [7, 11) is 2.19. The predicted octanol–water partition coefficient (Wildman–Crippen LogP) is 2.81. The number of aromatic nitrogens is 4. The number of nitriles is 1. The average Bonchev–Trinajstić information content (AvgIpc) is 3.19. The van der Waals surface area contributed by atoms with Crippen LogP contribution in [0.5, 0.6) is 0 Å². The first-order valence-corrected chi connectivity index (χ1v) is 9.54. The zero-order valence-electron chi connectivity index (χ0n) is 16.9. The normalized spacial score (nSPS) is 16.4. The molecule has 1 aliphatic rings. The molecule has 0 spiro atoms. The van der Waals surface area contributed by atoms with E-state index < -0.39 is 0 Å². The van der Waals surface area contributed by atoms with Gasteiger partial charge in [-0.05, 0) is 45.2 Å². The van der Waals surface area contributed by atoms with Gasteiger partial charge in [0.05, 0.1) is 18.6 Å². The Bertz CT molecular complexity index is 1010. The second-order valence-corrected chi connectivity index (χ2v) is 7.86. The number of imidazole rings is 1. The van der Waals surface area contributed by atoms with E-state index >= 15 is 0 Å². The molecule has 1 saturated heterocycles. The summed E-state index contributed by atoms with van der Waals surface area (Å²) in [6, 6.07) is 10.5. The molecule has 0 atom stereocenters. The average molecular weight is 388 g/mol. The van der Waals surface area contributed by atoms with Crippen molar-refractivity contribution >= 4 is 17.3 Å². The molecule has 1 aliphatic heterocycles. The van der Waals surface area contributed by atoms with Crippen LogP contribution in [0.2, 0.25) is 0 Å². The standard InChI is InChI=1S/C21H24N8/c1-21(2)14-28(9-8-27(21)3)17-4-6-18(7-5-17)29-13-20(25-15-29)26-19-12-23-16(10-22)11-24-19/h4-7,11-13,15H,8-9,14H2,1-3H3,(H,24,26). The minimum absolute atomic E-state index is 0.163. The number of piperazine rings is 1. The van der Waals surface area contributed by atoms with Gasteiger partial charge in [0, 0.05) is 36.5 Å². The van der Waals surface area contributed by atoms with Crippen LogP contribution >= 0.6 is 0 Å². The lowest BCUT2D eigenvalue weighted by Crippen LogP contribution is -2.57. The van der Waals surface area contributed by atoms with Crippen molar-refractivity contribution in [2.45, 2.75) is 19.4 Å². The van der Waals surface area contributed by atoms with Crippen LogP contribution in [0, 0.1) is 11.3 Å². The highest BCUT2D eigenvalue weighted by Gasteiger charge is 2.30.